The Labute approximate surface area is 213 Å². The summed E-state index contributed by atoms with van der Waals surface area (Å²) in [5, 5.41) is 13.4. The Kier molecular flexibility index (Phi) is 9.98. The molecule has 0 aliphatic carbocycles. The second-order valence-corrected chi connectivity index (χ2v) is 8.63. The molecule has 3 rings (SSSR count). The minimum atomic E-state index is -1.36. The maximum atomic E-state index is 13.3. The Morgan fingerprint density at radius 1 is 1.03 bits per heavy atom. The van der Waals surface area contributed by atoms with E-state index in [1.165, 1.54) is 12.1 Å². The number of nitrogens with zero attached hydrogens (tertiary/aromatic N) is 4. The highest BCUT2D eigenvalue weighted by atomic mass is 16.7. The topological polar surface area (TPSA) is 177 Å². The second-order valence-electron chi connectivity index (χ2n) is 8.63. The third-order valence-electron chi connectivity index (χ3n) is 6.02. The van der Waals surface area contributed by atoms with Gasteiger partial charge in [-0.05, 0) is 30.5 Å². The van der Waals surface area contributed by atoms with Crippen LogP contribution >= 0.6 is 0 Å². The van der Waals surface area contributed by atoms with Gasteiger partial charge in [-0.3, -0.25) is 24.1 Å². The molecule has 2 heterocycles. The molecule has 0 bridgehead atoms. The van der Waals surface area contributed by atoms with Crippen LogP contribution in [0.4, 0.5) is 0 Å². The van der Waals surface area contributed by atoms with Crippen molar-refractivity contribution in [2.45, 2.75) is 70.2 Å². The molecule has 0 saturated carbocycles. The smallest absolute Gasteiger partial charge is 0.303 e. The van der Waals surface area contributed by atoms with Gasteiger partial charge in [0.1, 0.15) is 12.1 Å². The summed E-state index contributed by atoms with van der Waals surface area (Å²) in [6.07, 6.45) is -2.25. The first-order valence-corrected chi connectivity index (χ1v) is 12.0. The molecule has 200 valence electrons. The first-order valence-electron chi connectivity index (χ1n) is 12.0. The molecule has 0 aromatic heterocycles. The quantitative estimate of drug-likeness (QED) is 0.108. The number of carbonyl (C=O) groups is 4. The average Bonchev–Trinajstić information content (AvgIpc) is 3.11. The number of ether oxygens (including phenoxy) is 4. The fourth-order valence-electron chi connectivity index (χ4n) is 4.47. The number of unbranched alkanes of at least 4 members (excludes halogenated alkanes) is 3. The number of esters is 2. The summed E-state index contributed by atoms with van der Waals surface area (Å²) in [6, 6.07) is 4.95. The SMILES string of the molecule is CC(=O)O[C@H]1[C@H](OC(C)=O)[C@@H](CO)O[C@@H](OCCCCCCN=[N+]=[N-])[C@@H]1N1C(=O)c2ccccc2C1=O. The van der Waals surface area contributed by atoms with Crippen molar-refractivity contribution in [3.63, 3.8) is 0 Å². The number of hydrogen-bond acceptors (Lipinski definition) is 10. The Hall–Kier alpha value is -3.51. The summed E-state index contributed by atoms with van der Waals surface area (Å²) in [4.78, 5) is 54.2. The van der Waals surface area contributed by atoms with Crippen LogP contribution in [0.3, 0.4) is 0 Å². The molecule has 1 N–H and O–H groups in total. The summed E-state index contributed by atoms with van der Waals surface area (Å²) in [7, 11) is 0. The van der Waals surface area contributed by atoms with Crippen LogP contribution in [0.1, 0.15) is 60.2 Å². The zero-order valence-electron chi connectivity index (χ0n) is 20.6. The number of carbonyl (C=O) groups excluding carboxylic acids is 4. The van der Waals surface area contributed by atoms with Gasteiger partial charge in [0.15, 0.2) is 18.5 Å². The maximum absolute atomic E-state index is 13.3. The molecule has 13 heteroatoms. The minimum Gasteiger partial charge on any atom is -0.456 e. The van der Waals surface area contributed by atoms with Gasteiger partial charge in [0.2, 0.25) is 0 Å². The summed E-state index contributed by atoms with van der Waals surface area (Å²) in [5.74, 6) is -2.75. The minimum absolute atomic E-state index is 0.162. The molecule has 1 aromatic rings. The third-order valence-corrected chi connectivity index (χ3v) is 6.02. The van der Waals surface area contributed by atoms with Crippen molar-refractivity contribution in [3.8, 4) is 0 Å². The van der Waals surface area contributed by atoms with Crippen molar-refractivity contribution >= 4 is 23.8 Å². The average molecular weight is 519 g/mol. The molecular formula is C24H30N4O9. The first-order chi connectivity index (χ1) is 17.8. The highest BCUT2D eigenvalue weighted by Crippen LogP contribution is 2.35. The Bertz CT molecular complexity index is 1020. The fourth-order valence-corrected chi connectivity index (χ4v) is 4.47. The molecule has 2 amide bonds. The number of rotatable bonds is 12. The lowest BCUT2D eigenvalue weighted by Crippen LogP contribution is -2.67. The molecule has 2 aliphatic rings. The molecule has 0 radical (unpaired) electrons. The van der Waals surface area contributed by atoms with Gasteiger partial charge in [-0.25, -0.2) is 0 Å². The van der Waals surface area contributed by atoms with Gasteiger partial charge < -0.3 is 24.1 Å². The van der Waals surface area contributed by atoms with E-state index >= 15 is 0 Å². The van der Waals surface area contributed by atoms with E-state index in [9.17, 15) is 24.3 Å². The summed E-state index contributed by atoms with van der Waals surface area (Å²) in [6.45, 7) is 2.23. The van der Waals surface area contributed by atoms with Crippen LogP contribution in [-0.4, -0.2) is 84.2 Å². The van der Waals surface area contributed by atoms with E-state index in [1.807, 2.05) is 0 Å². The van der Waals surface area contributed by atoms with Crippen LogP contribution in [-0.2, 0) is 28.5 Å². The van der Waals surface area contributed by atoms with Crippen LogP contribution in [0, 0.1) is 0 Å². The lowest BCUT2D eigenvalue weighted by Gasteiger charge is -2.46. The monoisotopic (exact) mass is 518 g/mol. The molecule has 1 fully saturated rings. The number of amides is 2. The maximum Gasteiger partial charge on any atom is 0.303 e. The number of azide groups is 1. The van der Waals surface area contributed by atoms with E-state index in [-0.39, 0.29) is 17.7 Å². The summed E-state index contributed by atoms with van der Waals surface area (Å²) >= 11 is 0. The standard InChI is InChI=1S/C24H30N4O9/c1-14(30)35-20-18(13-29)37-24(34-12-8-4-3-7-11-26-27-25)19(21(20)36-15(2)31)28-22(32)16-9-5-6-10-17(16)23(28)33/h5-6,9-10,18-21,24,29H,3-4,7-8,11-13H2,1-2H3/t18-,19-,20-,21-,24-/m1/s1. The van der Waals surface area contributed by atoms with Crippen LogP contribution in [0.2, 0.25) is 0 Å². The molecule has 37 heavy (non-hydrogen) atoms. The van der Waals surface area contributed by atoms with E-state index in [4.69, 9.17) is 24.5 Å². The van der Waals surface area contributed by atoms with Crippen LogP contribution in [0.5, 0.6) is 0 Å². The van der Waals surface area contributed by atoms with Crippen molar-refractivity contribution in [1.82, 2.24) is 4.90 Å². The Balaban J connectivity index is 1.88. The van der Waals surface area contributed by atoms with Crippen molar-refractivity contribution in [1.29, 1.82) is 0 Å². The number of imide groups is 1. The molecule has 5 atom stereocenters. The first kappa shape index (κ1) is 28.1. The van der Waals surface area contributed by atoms with E-state index < -0.39 is 61.0 Å². The highest BCUT2D eigenvalue weighted by Gasteiger charge is 2.56. The predicted molar refractivity (Wildman–Crippen MR) is 126 cm³/mol. The molecule has 1 aromatic carbocycles. The summed E-state index contributed by atoms with van der Waals surface area (Å²) < 4.78 is 22.7. The molecule has 0 spiro atoms. The molecule has 13 nitrogen and oxygen atoms in total. The van der Waals surface area contributed by atoms with Gasteiger partial charge in [0.05, 0.1) is 17.7 Å². The van der Waals surface area contributed by atoms with Gasteiger partial charge in [-0.15, -0.1) is 0 Å². The predicted octanol–water partition coefficient (Wildman–Crippen LogP) is 2.12. The highest BCUT2D eigenvalue weighted by molar-refractivity contribution is 6.21. The van der Waals surface area contributed by atoms with Gasteiger partial charge in [-0.2, -0.15) is 0 Å². The van der Waals surface area contributed by atoms with Gasteiger partial charge >= 0.3 is 11.9 Å². The van der Waals surface area contributed by atoms with E-state index in [1.54, 1.807) is 12.1 Å². The normalized spacial score (nSPS) is 24.8. The van der Waals surface area contributed by atoms with Crippen molar-refractivity contribution < 1.29 is 43.2 Å². The van der Waals surface area contributed by atoms with Crippen molar-refractivity contribution in [2.75, 3.05) is 19.8 Å². The number of hydrogen-bond donors (Lipinski definition) is 1. The second kappa shape index (κ2) is 13.2. The van der Waals surface area contributed by atoms with E-state index in [2.05, 4.69) is 10.0 Å². The number of aliphatic hydroxyl groups is 1. The van der Waals surface area contributed by atoms with Gasteiger partial charge in [0, 0.05) is 31.9 Å². The lowest BCUT2D eigenvalue weighted by molar-refractivity contribution is -0.285. The molecule has 2 aliphatic heterocycles. The Morgan fingerprint density at radius 3 is 2.19 bits per heavy atom. The van der Waals surface area contributed by atoms with E-state index in [0.29, 0.717) is 19.4 Å². The Morgan fingerprint density at radius 2 is 1.62 bits per heavy atom. The molecular weight excluding hydrogens is 488 g/mol. The number of fused-ring (bicyclic) bond motifs is 1. The zero-order chi connectivity index (χ0) is 26.9. The van der Waals surface area contributed by atoms with Crippen molar-refractivity contribution in [3.05, 3.63) is 45.8 Å². The lowest BCUT2D eigenvalue weighted by atomic mass is 9.94. The van der Waals surface area contributed by atoms with Crippen LogP contribution < -0.4 is 0 Å². The number of aliphatic hydroxyl groups excluding tert-OH is 1. The van der Waals surface area contributed by atoms with Gasteiger partial charge in [-0.1, -0.05) is 30.1 Å². The zero-order valence-corrected chi connectivity index (χ0v) is 20.6. The van der Waals surface area contributed by atoms with Crippen molar-refractivity contribution in [2.24, 2.45) is 5.11 Å². The fraction of sp³-hybridized carbons (Fsp3) is 0.583. The largest absolute Gasteiger partial charge is 0.456 e. The summed E-state index contributed by atoms with van der Waals surface area (Å²) in [5.41, 5.74) is 8.68. The molecule has 1 saturated heterocycles. The van der Waals surface area contributed by atoms with Crippen LogP contribution in [0.25, 0.3) is 10.4 Å². The molecule has 0 unspecified atom stereocenters. The number of benzene rings is 1. The van der Waals surface area contributed by atoms with E-state index in [0.717, 1.165) is 31.6 Å². The van der Waals surface area contributed by atoms with Gasteiger partial charge in [0.25, 0.3) is 11.8 Å². The third kappa shape index (κ3) is 6.63. The van der Waals surface area contributed by atoms with Crippen LogP contribution in [0.15, 0.2) is 29.4 Å².